The molecule has 0 radical (unpaired) electrons. The summed E-state index contributed by atoms with van der Waals surface area (Å²) in [5.41, 5.74) is 0. The van der Waals surface area contributed by atoms with Gasteiger partial charge in [-0.05, 0) is 0 Å². The van der Waals surface area contributed by atoms with E-state index in [1.807, 2.05) is 0 Å². The Morgan fingerprint density at radius 3 is 1.21 bits per heavy atom. The molecule has 0 aromatic rings. The molecule has 0 aliphatic heterocycles. The van der Waals surface area contributed by atoms with Crippen molar-refractivity contribution >= 4 is 17.7 Å². The number of nitrogens with one attached hydrogen (secondary N) is 3. The summed E-state index contributed by atoms with van der Waals surface area (Å²) in [4.78, 5) is 35.1. The zero-order valence-electron chi connectivity index (χ0n) is 12.1. The van der Waals surface area contributed by atoms with Gasteiger partial charge in [0, 0.05) is 0 Å². The third kappa shape index (κ3) is 5.32. The van der Waals surface area contributed by atoms with E-state index < -0.39 is 16.9 Å². The van der Waals surface area contributed by atoms with E-state index in [-0.39, 0.29) is 37.0 Å². The Balaban J connectivity index is 5.41. The second-order valence-corrected chi connectivity index (χ2v) is 19.0. The van der Waals surface area contributed by atoms with Crippen LogP contribution in [0.5, 0.6) is 0 Å². The van der Waals surface area contributed by atoms with Crippen LogP contribution < -0.4 is 15.3 Å². The summed E-state index contributed by atoms with van der Waals surface area (Å²) in [5.74, 6) is -0.820. The predicted octanol–water partition coefficient (Wildman–Crippen LogP) is 0.311. The SMILES string of the molecule is CCC(=O)[NH][Ta]([NH2])([CH2]C)([NH]C(=O)CC)[NH]C(=O)CC. The van der Waals surface area contributed by atoms with E-state index in [4.69, 9.17) is 4.14 Å². The first-order chi connectivity index (χ1) is 8.72. The molecule has 0 saturated heterocycles. The number of nitrogens with two attached hydrogens (primary N) is 1. The van der Waals surface area contributed by atoms with Crippen molar-refractivity contribution in [2.24, 2.45) is 4.14 Å². The van der Waals surface area contributed by atoms with Crippen LogP contribution in [0.3, 0.4) is 0 Å². The molecular formula is C11H25N4O3Ta. The Kier molecular flexibility index (Phi) is 6.71. The van der Waals surface area contributed by atoms with Crippen molar-refractivity contribution in [2.75, 3.05) is 0 Å². The molecule has 0 atom stereocenters. The van der Waals surface area contributed by atoms with Gasteiger partial charge in [-0.25, -0.2) is 0 Å². The molecule has 3 amide bonds. The van der Waals surface area contributed by atoms with E-state index in [1.165, 1.54) is 0 Å². The number of carbonyl (C=O) groups is 3. The summed E-state index contributed by atoms with van der Waals surface area (Å²) in [5, 5.41) is 0. The van der Waals surface area contributed by atoms with E-state index in [2.05, 4.69) is 11.2 Å². The van der Waals surface area contributed by atoms with Crippen molar-refractivity contribution in [3.05, 3.63) is 0 Å². The summed E-state index contributed by atoms with van der Waals surface area (Å²) >= 11 is -4.87. The molecule has 0 unspecified atom stereocenters. The van der Waals surface area contributed by atoms with Gasteiger partial charge < -0.3 is 0 Å². The van der Waals surface area contributed by atoms with Crippen LogP contribution in [0.15, 0.2) is 0 Å². The van der Waals surface area contributed by atoms with Gasteiger partial charge in [0.2, 0.25) is 0 Å². The van der Waals surface area contributed by atoms with Gasteiger partial charge in [-0.2, -0.15) is 0 Å². The molecule has 0 aliphatic carbocycles. The molecule has 7 nitrogen and oxygen atoms in total. The normalized spacial score (nSPS) is 13.0. The quantitative estimate of drug-likeness (QED) is 0.455. The van der Waals surface area contributed by atoms with Gasteiger partial charge in [0.1, 0.15) is 0 Å². The summed E-state index contributed by atoms with van der Waals surface area (Å²) in [6.45, 7) is 6.83. The van der Waals surface area contributed by atoms with Crippen molar-refractivity contribution in [1.82, 2.24) is 11.2 Å². The van der Waals surface area contributed by atoms with Crippen LogP contribution in [0.25, 0.3) is 0 Å². The molecular weight excluding hydrogens is 417 g/mol. The summed E-state index contributed by atoms with van der Waals surface area (Å²) in [6, 6.07) is 0. The molecule has 19 heavy (non-hydrogen) atoms. The molecule has 0 aliphatic rings. The Bertz CT molecular complexity index is 325. The van der Waals surface area contributed by atoms with Crippen LogP contribution in [0.2, 0.25) is 4.64 Å². The molecule has 0 spiro atoms. The molecule has 8 heteroatoms. The first-order valence-electron chi connectivity index (χ1n) is 6.50. The predicted molar refractivity (Wildman–Crippen MR) is 70.0 cm³/mol. The molecule has 0 bridgehead atoms. The fraction of sp³-hybridized carbons (Fsp3) is 0.727. The van der Waals surface area contributed by atoms with Crippen LogP contribution >= 0.6 is 0 Å². The van der Waals surface area contributed by atoms with Crippen LogP contribution in [0.4, 0.5) is 0 Å². The Hall–Kier alpha value is -0.890. The van der Waals surface area contributed by atoms with Crippen molar-refractivity contribution in [3.8, 4) is 0 Å². The standard InChI is InChI=1S/3C3H7NO.C2H5.H2N.Ta/c3*1-2-3(4)5;1-2;;/h3*2H2,1H3,(H2,4,5);1H2,2H3;1H2;/q;;;;-1;+4/p-3. The zero-order chi connectivity index (χ0) is 15.1. The van der Waals surface area contributed by atoms with Gasteiger partial charge in [0.05, 0.1) is 0 Å². The third-order valence-electron chi connectivity index (χ3n) is 2.76. The average molecular weight is 442 g/mol. The third-order valence-corrected chi connectivity index (χ3v) is 15.7. The number of hydrogen-bond acceptors (Lipinski definition) is 4. The summed E-state index contributed by atoms with van der Waals surface area (Å²) in [6.07, 6.45) is 0.726. The van der Waals surface area contributed by atoms with E-state index in [9.17, 15) is 14.4 Å². The van der Waals surface area contributed by atoms with Gasteiger partial charge in [-0.3, -0.25) is 0 Å². The molecule has 0 rings (SSSR count). The monoisotopic (exact) mass is 442 g/mol. The van der Waals surface area contributed by atoms with E-state index in [0.29, 0.717) is 4.64 Å². The second-order valence-electron chi connectivity index (χ2n) is 4.36. The number of carbonyl (C=O) groups excluding carboxylic acids is 3. The van der Waals surface area contributed by atoms with Crippen LogP contribution in [0, 0.1) is 0 Å². The van der Waals surface area contributed by atoms with Crippen molar-refractivity contribution in [1.29, 1.82) is 0 Å². The van der Waals surface area contributed by atoms with E-state index in [1.54, 1.807) is 27.7 Å². The van der Waals surface area contributed by atoms with Crippen molar-refractivity contribution < 1.29 is 31.2 Å². The topological polar surface area (TPSA) is 113 Å². The first-order valence-corrected chi connectivity index (χ1v) is 15.4. The molecule has 5 N–H and O–H groups in total. The van der Waals surface area contributed by atoms with Gasteiger partial charge in [-0.1, -0.05) is 0 Å². The van der Waals surface area contributed by atoms with Crippen LogP contribution in [-0.2, 0) is 31.2 Å². The maximum atomic E-state index is 11.7. The summed E-state index contributed by atoms with van der Waals surface area (Å²) < 4.78 is 14.9. The van der Waals surface area contributed by atoms with E-state index >= 15 is 0 Å². The molecule has 0 aromatic heterocycles. The Labute approximate surface area is 116 Å². The fourth-order valence-corrected chi connectivity index (χ4v) is 11.6. The van der Waals surface area contributed by atoms with E-state index in [0.717, 1.165) is 0 Å². The maximum absolute atomic E-state index is 11.7. The van der Waals surface area contributed by atoms with Crippen molar-refractivity contribution in [2.45, 2.75) is 51.6 Å². The minimum absolute atomic E-state index is 0.242. The van der Waals surface area contributed by atoms with Gasteiger partial charge in [0.25, 0.3) is 0 Å². The molecule has 0 aromatic carbocycles. The minimum atomic E-state index is -4.87. The van der Waals surface area contributed by atoms with Crippen molar-refractivity contribution in [3.63, 3.8) is 0 Å². The second kappa shape index (κ2) is 7.04. The molecule has 0 saturated carbocycles. The Morgan fingerprint density at radius 2 is 1.05 bits per heavy atom. The number of rotatable bonds is 7. The van der Waals surface area contributed by atoms with Gasteiger partial charge >= 0.3 is 116 Å². The average Bonchev–Trinajstić information content (AvgIpc) is 2.38. The zero-order valence-corrected chi connectivity index (χ0v) is 15.3. The van der Waals surface area contributed by atoms with Gasteiger partial charge in [-0.15, -0.1) is 0 Å². The molecule has 112 valence electrons. The first kappa shape index (κ1) is 18.1. The number of hydrogen-bond donors (Lipinski definition) is 4. The number of amides is 3. The summed E-state index contributed by atoms with van der Waals surface area (Å²) in [7, 11) is 0. The molecule has 0 fully saturated rings. The molecule has 0 heterocycles. The van der Waals surface area contributed by atoms with Crippen LogP contribution in [0.1, 0.15) is 47.0 Å². The van der Waals surface area contributed by atoms with Crippen LogP contribution in [-0.4, -0.2) is 17.7 Å². The Morgan fingerprint density at radius 1 is 0.789 bits per heavy atom. The van der Waals surface area contributed by atoms with Gasteiger partial charge in [0.15, 0.2) is 0 Å². The fourth-order valence-electron chi connectivity index (χ4n) is 1.41.